The number of ether oxygens (including phenoxy) is 1. The molecule has 1 unspecified atom stereocenters. The highest BCUT2D eigenvalue weighted by Crippen LogP contribution is 2.30. The molecule has 2 saturated heterocycles. The number of rotatable bonds is 3. The summed E-state index contributed by atoms with van der Waals surface area (Å²) in [5.74, 6) is -0.871. The monoisotopic (exact) mass is 442 g/mol. The highest BCUT2D eigenvalue weighted by molar-refractivity contribution is 6.05. The van der Waals surface area contributed by atoms with Gasteiger partial charge in [0, 0.05) is 43.3 Å². The van der Waals surface area contributed by atoms with Gasteiger partial charge in [0.2, 0.25) is 11.8 Å². The minimum atomic E-state index is -0.610. The molecule has 4 amide bonds. The van der Waals surface area contributed by atoms with E-state index in [2.05, 4.69) is 10.6 Å². The Morgan fingerprint density at radius 3 is 2.50 bits per heavy atom. The molecule has 1 aromatic rings. The van der Waals surface area contributed by atoms with Crippen molar-refractivity contribution in [3.05, 3.63) is 29.3 Å². The molecule has 3 heterocycles. The van der Waals surface area contributed by atoms with Gasteiger partial charge in [-0.3, -0.25) is 19.7 Å². The molecule has 0 saturated carbocycles. The van der Waals surface area contributed by atoms with Crippen molar-refractivity contribution in [2.24, 2.45) is 0 Å². The number of nitrogens with zero attached hydrogens (tertiary/aromatic N) is 2. The Morgan fingerprint density at radius 2 is 1.84 bits per heavy atom. The lowest BCUT2D eigenvalue weighted by Crippen LogP contribution is -2.52. The van der Waals surface area contributed by atoms with Crippen molar-refractivity contribution in [1.82, 2.24) is 15.1 Å². The Morgan fingerprint density at radius 1 is 1.12 bits per heavy atom. The zero-order chi connectivity index (χ0) is 23.0. The number of carbonyl (C=O) groups is 4. The third-order valence-electron chi connectivity index (χ3n) is 6.04. The van der Waals surface area contributed by atoms with Crippen molar-refractivity contribution in [1.29, 1.82) is 0 Å². The second-order valence-electron chi connectivity index (χ2n) is 9.66. The number of benzene rings is 1. The molecule has 0 spiro atoms. The summed E-state index contributed by atoms with van der Waals surface area (Å²) in [5, 5.41) is 5.83. The molecule has 1 aromatic carbocycles. The Labute approximate surface area is 187 Å². The summed E-state index contributed by atoms with van der Waals surface area (Å²) in [4.78, 5) is 52.0. The van der Waals surface area contributed by atoms with E-state index in [9.17, 15) is 19.2 Å². The molecule has 32 heavy (non-hydrogen) atoms. The predicted molar refractivity (Wildman–Crippen MR) is 117 cm³/mol. The van der Waals surface area contributed by atoms with Crippen LogP contribution in [0.25, 0.3) is 0 Å². The van der Waals surface area contributed by atoms with Gasteiger partial charge in [-0.05, 0) is 63.8 Å². The van der Waals surface area contributed by atoms with E-state index >= 15 is 0 Å². The van der Waals surface area contributed by atoms with Crippen LogP contribution in [-0.4, -0.2) is 64.4 Å². The first kappa shape index (κ1) is 22.1. The zero-order valence-electron chi connectivity index (χ0n) is 18.8. The van der Waals surface area contributed by atoms with Crippen molar-refractivity contribution in [3.63, 3.8) is 0 Å². The number of amides is 4. The van der Waals surface area contributed by atoms with Gasteiger partial charge in [0.1, 0.15) is 11.6 Å². The van der Waals surface area contributed by atoms with Crippen molar-refractivity contribution < 1.29 is 23.9 Å². The van der Waals surface area contributed by atoms with Crippen LogP contribution in [0.3, 0.4) is 0 Å². The van der Waals surface area contributed by atoms with E-state index in [1.807, 2.05) is 32.9 Å². The van der Waals surface area contributed by atoms with Crippen LogP contribution in [0.1, 0.15) is 62.4 Å². The Hall–Kier alpha value is -3.10. The van der Waals surface area contributed by atoms with Crippen LogP contribution in [0.5, 0.6) is 0 Å². The maximum Gasteiger partial charge on any atom is 0.410 e. The normalized spacial score (nSPS) is 22.0. The first-order valence-electron chi connectivity index (χ1n) is 11.1. The van der Waals surface area contributed by atoms with Crippen molar-refractivity contribution in [3.8, 4) is 0 Å². The topological polar surface area (TPSA) is 108 Å². The van der Waals surface area contributed by atoms with E-state index in [1.165, 1.54) is 0 Å². The van der Waals surface area contributed by atoms with Crippen LogP contribution in [0.2, 0.25) is 0 Å². The molecule has 2 N–H and O–H groups in total. The van der Waals surface area contributed by atoms with Crippen LogP contribution in [0.15, 0.2) is 18.2 Å². The highest BCUT2D eigenvalue weighted by atomic mass is 16.6. The molecular formula is C23H30N4O5. The van der Waals surface area contributed by atoms with E-state index in [0.29, 0.717) is 31.6 Å². The Bertz CT molecular complexity index is 946. The molecule has 0 radical (unpaired) electrons. The van der Waals surface area contributed by atoms with E-state index < -0.39 is 17.6 Å². The lowest BCUT2D eigenvalue weighted by atomic mass is 10.0. The van der Waals surface area contributed by atoms with Crippen LogP contribution >= 0.6 is 0 Å². The van der Waals surface area contributed by atoms with Gasteiger partial charge in [0.05, 0.1) is 0 Å². The highest BCUT2D eigenvalue weighted by Gasteiger charge is 2.39. The average molecular weight is 443 g/mol. The van der Waals surface area contributed by atoms with E-state index in [-0.39, 0.29) is 30.4 Å². The molecule has 2 fully saturated rings. The van der Waals surface area contributed by atoms with E-state index in [4.69, 9.17) is 4.74 Å². The van der Waals surface area contributed by atoms with Gasteiger partial charge in [0.15, 0.2) is 0 Å². The number of likely N-dealkylation sites (tertiary alicyclic amines) is 1. The third kappa shape index (κ3) is 4.71. The summed E-state index contributed by atoms with van der Waals surface area (Å²) in [6, 6.07) is 5.24. The van der Waals surface area contributed by atoms with Gasteiger partial charge in [-0.1, -0.05) is 0 Å². The van der Waals surface area contributed by atoms with Gasteiger partial charge in [-0.2, -0.15) is 0 Å². The SMILES string of the molecule is CC(C)(C)OC(=O)N1CCC(Nc2ccc3c(c2)CN(C2CCC(=O)NC2=O)C3=O)CC1. The second-order valence-corrected chi connectivity index (χ2v) is 9.66. The largest absolute Gasteiger partial charge is 0.444 e. The maximum absolute atomic E-state index is 12.8. The summed E-state index contributed by atoms with van der Waals surface area (Å²) in [6.45, 7) is 7.18. The van der Waals surface area contributed by atoms with Crippen molar-refractivity contribution in [2.45, 2.75) is 70.7 Å². The number of hydrogen-bond acceptors (Lipinski definition) is 6. The standard InChI is InChI=1S/C23H30N4O5/c1-23(2,3)32-22(31)26-10-8-15(9-11-26)24-16-4-5-17-14(12-16)13-27(21(17)30)18-6-7-19(28)25-20(18)29/h4-5,12,15,18,24H,6-11,13H2,1-3H3,(H,25,28,29). The molecule has 172 valence electrons. The molecule has 0 aliphatic carbocycles. The molecule has 0 aromatic heterocycles. The summed E-state index contributed by atoms with van der Waals surface area (Å²) in [5.41, 5.74) is 1.88. The molecule has 3 aliphatic heterocycles. The zero-order valence-corrected chi connectivity index (χ0v) is 18.8. The number of hydrogen-bond donors (Lipinski definition) is 2. The van der Waals surface area contributed by atoms with Gasteiger partial charge in [-0.25, -0.2) is 4.79 Å². The van der Waals surface area contributed by atoms with Gasteiger partial charge in [-0.15, -0.1) is 0 Å². The van der Waals surface area contributed by atoms with E-state index in [1.54, 1.807) is 15.9 Å². The van der Waals surface area contributed by atoms with Gasteiger partial charge in [0.25, 0.3) is 5.91 Å². The number of nitrogens with one attached hydrogen (secondary N) is 2. The molecule has 4 rings (SSSR count). The number of carbonyl (C=O) groups excluding carboxylic acids is 4. The first-order valence-corrected chi connectivity index (χ1v) is 11.1. The first-order chi connectivity index (χ1) is 15.1. The molecular weight excluding hydrogens is 412 g/mol. The van der Waals surface area contributed by atoms with Crippen molar-refractivity contribution >= 4 is 29.5 Å². The second kappa shape index (κ2) is 8.44. The van der Waals surface area contributed by atoms with E-state index in [0.717, 1.165) is 24.1 Å². The fourth-order valence-corrected chi connectivity index (χ4v) is 4.43. The fraction of sp³-hybridized carbons (Fsp3) is 0.565. The quantitative estimate of drug-likeness (QED) is 0.696. The lowest BCUT2D eigenvalue weighted by Gasteiger charge is -2.34. The third-order valence-corrected chi connectivity index (χ3v) is 6.04. The molecule has 0 bridgehead atoms. The van der Waals surface area contributed by atoms with Gasteiger partial charge >= 0.3 is 6.09 Å². The summed E-state index contributed by atoms with van der Waals surface area (Å²) in [7, 11) is 0. The smallest absolute Gasteiger partial charge is 0.410 e. The molecule has 9 heteroatoms. The summed E-state index contributed by atoms with van der Waals surface area (Å²) < 4.78 is 5.45. The summed E-state index contributed by atoms with van der Waals surface area (Å²) in [6.07, 6.45) is 1.92. The Balaban J connectivity index is 1.35. The minimum Gasteiger partial charge on any atom is -0.444 e. The average Bonchev–Trinajstić information content (AvgIpc) is 3.03. The number of fused-ring (bicyclic) bond motifs is 1. The summed E-state index contributed by atoms with van der Waals surface area (Å²) >= 11 is 0. The lowest BCUT2D eigenvalue weighted by molar-refractivity contribution is -0.136. The van der Waals surface area contributed by atoms with Crippen molar-refractivity contribution in [2.75, 3.05) is 18.4 Å². The Kier molecular flexibility index (Phi) is 5.83. The number of piperidine rings is 2. The predicted octanol–water partition coefficient (Wildman–Crippen LogP) is 2.26. The number of imide groups is 1. The van der Waals surface area contributed by atoms with Crippen LogP contribution < -0.4 is 10.6 Å². The number of anilines is 1. The molecule has 9 nitrogen and oxygen atoms in total. The van der Waals surface area contributed by atoms with Gasteiger partial charge < -0.3 is 19.9 Å². The minimum absolute atomic E-state index is 0.174. The van der Waals surface area contributed by atoms with Crippen LogP contribution in [0, 0.1) is 0 Å². The maximum atomic E-state index is 12.8. The van der Waals surface area contributed by atoms with Crippen LogP contribution in [-0.2, 0) is 20.9 Å². The fourth-order valence-electron chi connectivity index (χ4n) is 4.43. The van der Waals surface area contributed by atoms with Crippen LogP contribution in [0.4, 0.5) is 10.5 Å². The molecule has 1 atom stereocenters. The molecule has 3 aliphatic rings.